The van der Waals surface area contributed by atoms with Crippen molar-refractivity contribution in [2.75, 3.05) is 43.2 Å². The average Bonchev–Trinajstić information content (AvgIpc) is 3.43. The van der Waals surface area contributed by atoms with Crippen LogP contribution in [0.3, 0.4) is 0 Å². The van der Waals surface area contributed by atoms with Gasteiger partial charge in [0.15, 0.2) is 21.9 Å². The Balaban J connectivity index is 1.40. The fourth-order valence-electron chi connectivity index (χ4n) is 4.40. The Morgan fingerprint density at radius 1 is 1.29 bits per heavy atom. The first-order valence-corrected chi connectivity index (χ1v) is 12.4. The number of nitrogens with zero attached hydrogens (tertiary/aromatic N) is 3. The van der Waals surface area contributed by atoms with Crippen molar-refractivity contribution in [3.8, 4) is 0 Å². The van der Waals surface area contributed by atoms with Crippen LogP contribution < -0.4 is 10.6 Å². The Morgan fingerprint density at radius 3 is 2.74 bits per heavy atom. The molecule has 10 heteroatoms. The monoisotopic (exact) mass is 472 g/mol. The molecule has 0 bridgehead atoms. The first kappa shape index (κ1) is 23.3. The van der Waals surface area contributed by atoms with Crippen LogP contribution in [-0.4, -0.2) is 71.7 Å². The van der Waals surface area contributed by atoms with E-state index in [1.165, 1.54) is 12.8 Å². The summed E-state index contributed by atoms with van der Waals surface area (Å²) >= 11 is 7.95. The molecule has 8 nitrogen and oxygen atoms in total. The lowest BCUT2D eigenvalue weighted by atomic mass is 10.0. The number of thioether (sulfide) groups is 1. The summed E-state index contributed by atoms with van der Waals surface area (Å²) < 4.78 is 18.2. The number of ether oxygens (including phenoxy) is 3. The molecule has 4 rings (SSSR count). The number of nitrogen functional groups attached to an aromatic ring is 1. The van der Waals surface area contributed by atoms with Gasteiger partial charge in [-0.25, -0.2) is 9.97 Å². The molecular weight excluding hydrogens is 440 g/mol. The van der Waals surface area contributed by atoms with E-state index in [0.29, 0.717) is 28.4 Å². The second kappa shape index (κ2) is 9.57. The summed E-state index contributed by atoms with van der Waals surface area (Å²) in [4.78, 5) is 11.1. The third kappa shape index (κ3) is 5.57. The average molecular weight is 473 g/mol. The van der Waals surface area contributed by atoms with Gasteiger partial charge in [0.25, 0.3) is 0 Å². The molecule has 4 unspecified atom stereocenters. The van der Waals surface area contributed by atoms with E-state index in [0.717, 1.165) is 31.1 Å². The lowest BCUT2D eigenvalue weighted by Gasteiger charge is -2.26. The van der Waals surface area contributed by atoms with Crippen LogP contribution in [0.2, 0.25) is 5.15 Å². The predicted octanol–water partition coefficient (Wildman–Crippen LogP) is 2.96. The molecular formula is C21H33ClN4O4S. The molecule has 3 fully saturated rings. The largest absolute Gasteiger partial charge is 0.394 e. The number of hydrogen-bond acceptors (Lipinski definition) is 9. The molecule has 1 aromatic rings. The van der Waals surface area contributed by atoms with Crippen molar-refractivity contribution in [2.24, 2.45) is 11.8 Å². The summed E-state index contributed by atoms with van der Waals surface area (Å²) in [6.07, 6.45) is 4.08. The highest BCUT2D eigenvalue weighted by Gasteiger charge is 2.54. The van der Waals surface area contributed by atoms with E-state index >= 15 is 0 Å². The highest BCUT2D eigenvalue weighted by atomic mass is 35.5. The summed E-state index contributed by atoms with van der Waals surface area (Å²) in [5.74, 6) is 2.13. The minimum absolute atomic E-state index is 0.000378. The molecule has 0 radical (unpaired) electrons. The third-order valence-corrected chi connectivity index (χ3v) is 7.52. The van der Waals surface area contributed by atoms with Gasteiger partial charge in [-0.2, -0.15) is 0 Å². The molecule has 1 aromatic heterocycles. The lowest BCUT2D eigenvalue weighted by molar-refractivity contribution is -0.171. The first-order valence-electron chi connectivity index (χ1n) is 11.0. The van der Waals surface area contributed by atoms with Gasteiger partial charge < -0.3 is 30.0 Å². The van der Waals surface area contributed by atoms with Gasteiger partial charge in [0.05, 0.1) is 25.4 Å². The van der Waals surface area contributed by atoms with Crippen LogP contribution in [0.4, 0.5) is 11.5 Å². The maximum atomic E-state index is 9.14. The molecule has 3 N–H and O–H groups in total. The molecule has 2 aliphatic carbocycles. The Labute approximate surface area is 193 Å². The van der Waals surface area contributed by atoms with Crippen molar-refractivity contribution < 1.29 is 19.3 Å². The second-order valence-electron chi connectivity index (χ2n) is 9.19. The third-order valence-electron chi connectivity index (χ3n) is 6.15. The Bertz CT molecular complexity index is 782. The van der Waals surface area contributed by atoms with Gasteiger partial charge in [-0.05, 0) is 51.4 Å². The number of aliphatic hydroxyl groups is 1. The van der Waals surface area contributed by atoms with Crippen LogP contribution in [0.1, 0.15) is 39.5 Å². The zero-order valence-electron chi connectivity index (χ0n) is 18.4. The second-order valence-corrected chi connectivity index (χ2v) is 10.5. The number of anilines is 2. The van der Waals surface area contributed by atoms with Crippen molar-refractivity contribution in [1.29, 1.82) is 0 Å². The number of hydrogen-bond donors (Lipinski definition) is 2. The summed E-state index contributed by atoms with van der Waals surface area (Å²) in [5.41, 5.74) is 6.62. The number of aliphatic hydroxyl groups excluding tert-OH is 1. The van der Waals surface area contributed by atoms with Crippen LogP contribution in [0.25, 0.3) is 0 Å². The quantitative estimate of drug-likeness (QED) is 0.302. The van der Waals surface area contributed by atoms with Crippen molar-refractivity contribution >= 4 is 34.9 Å². The number of halogens is 1. The Kier molecular flexibility index (Phi) is 7.20. The van der Waals surface area contributed by atoms with Gasteiger partial charge in [0.1, 0.15) is 11.8 Å². The molecule has 174 valence electrons. The number of fused-ring (bicyclic) bond motifs is 1. The van der Waals surface area contributed by atoms with E-state index in [2.05, 4.69) is 9.97 Å². The van der Waals surface area contributed by atoms with Gasteiger partial charge in [0.2, 0.25) is 0 Å². The van der Waals surface area contributed by atoms with Gasteiger partial charge in [-0.3, -0.25) is 0 Å². The zero-order chi connectivity index (χ0) is 22.2. The van der Waals surface area contributed by atoms with Crippen molar-refractivity contribution in [3.05, 3.63) is 5.15 Å². The predicted molar refractivity (Wildman–Crippen MR) is 122 cm³/mol. The highest BCUT2D eigenvalue weighted by molar-refractivity contribution is 7.99. The summed E-state index contributed by atoms with van der Waals surface area (Å²) in [6, 6.07) is 0. The minimum Gasteiger partial charge on any atom is -0.394 e. The van der Waals surface area contributed by atoms with Gasteiger partial charge in [-0.15, -0.1) is 0 Å². The lowest BCUT2D eigenvalue weighted by Crippen LogP contribution is -2.31. The van der Waals surface area contributed by atoms with E-state index in [9.17, 15) is 0 Å². The normalized spacial score (nSPS) is 29.3. The number of rotatable bonds is 10. The number of aromatic nitrogens is 2. The molecule has 1 saturated heterocycles. The van der Waals surface area contributed by atoms with E-state index in [4.69, 9.17) is 36.7 Å². The first-order chi connectivity index (χ1) is 14.8. The minimum atomic E-state index is -0.626. The van der Waals surface area contributed by atoms with Crippen molar-refractivity contribution in [2.45, 2.75) is 68.8 Å². The molecule has 4 atom stereocenters. The number of nitrogens with two attached hydrogens (primary N) is 1. The van der Waals surface area contributed by atoms with Gasteiger partial charge in [0, 0.05) is 19.3 Å². The highest BCUT2D eigenvalue weighted by Crippen LogP contribution is 2.44. The SMILES string of the molecule is CN(CCC1CC(OCCO)C2OC(C)(C)OC12)c1nc(SCC2CC2)nc(Cl)c1N. The van der Waals surface area contributed by atoms with E-state index in [1.807, 2.05) is 25.8 Å². The van der Waals surface area contributed by atoms with E-state index < -0.39 is 5.79 Å². The maximum Gasteiger partial charge on any atom is 0.191 e. The molecule has 0 amide bonds. The summed E-state index contributed by atoms with van der Waals surface area (Å²) in [6.45, 7) is 4.92. The van der Waals surface area contributed by atoms with Gasteiger partial charge in [-0.1, -0.05) is 23.4 Å². The van der Waals surface area contributed by atoms with Gasteiger partial charge >= 0.3 is 0 Å². The molecule has 0 aromatic carbocycles. The molecule has 1 aliphatic heterocycles. The topological polar surface area (TPSA) is 103 Å². The fourth-order valence-corrected chi connectivity index (χ4v) is 5.63. The Hall–Kier alpha value is -0.840. The summed E-state index contributed by atoms with van der Waals surface area (Å²) in [7, 11) is 1.98. The van der Waals surface area contributed by atoms with Crippen LogP contribution in [0.5, 0.6) is 0 Å². The molecule has 31 heavy (non-hydrogen) atoms. The molecule has 3 aliphatic rings. The van der Waals surface area contributed by atoms with Crippen molar-refractivity contribution in [1.82, 2.24) is 9.97 Å². The van der Waals surface area contributed by atoms with Crippen LogP contribution >= 0.6 is 23.4 Å². The van der Waals surface area contributed by atoms with Crippen LogP contribution in [0.15, 0.2) is 5.16 Å². The fraction of sp³-hybridized carbons (Fsp3) is 0.810. The van der Waals surface area contributed by atoms with Crippen LogP contribution in [0, 0.1) is 11.8 Å². The van der Waals surface area contributed by atoms with E-state index in [1.54, 1.807) is 11.8 Å². The maximum absolute atomic E-state index is 9.14. The molecule has 0 spiro atoms. The van der Waals surface area contributed by atoms with Crippen LogP contribution in [-0.2, 0) is 14.2 Å². The van der Waals surface area contributed by atoms with E-state index in [-0.39, 0.29) is 30.8 Å². The summed E-state index contributed by atoms with van der Waals surface area (Å²) in [5, 5.41) is 10.1. The zero-order valence-corrected chi connectivity index (χ0v) is 20.0. The molecule has 2 heterocycles. The van der Waals surface area contributed by atoms with Crippen molar-refractivity contribution in [3.63, 3.8) is 0 Å². The smallest absolute Gasteiger partial charge is 0.191 e. The standard InChI is InChI=1S/C21H33ClN4O4S/c1-21(2)29-16-13(10-14(17(16)30-21)28-9-8-27)6-7-26(3)19-15(23)18(22)24-20(25-19)31-11-12-4-5-12/h12-14,16-17,27H,4-11,23H2,1-3H3. The molecule has 2 saturated carbocycles. The Morgan fingerprint density at radius 2 is 2.03 bits per heavy atom.